The van der Waals surface area contributed by atoms with Crippen molar-refractivity contribution in [2.75, 3.05) is 0 Å². The van der Waals surface area contributed by atoms with Crippen LogP contribution in [-0.2, 0) is 24.2 Å². The fraction of sp³-hybridized carbons (Fsp3) is 0.368. The van der Waals surface area contributed by atoms with Crippen molar-refractivity contribution in [1.82, 2.24) is 20.2 Å². The molecule has 1 aromatic heterocycles. The molecule has 4 rings (SSSR count). The molecule has 2 aliphatic rings. The molecule has 1 N–H and O–H groups in total. The number of aryl methyl sites for hydroxylation is 3. The SMILES string of the molecule is Cc1cc(CN2C(=O)NC3(CCc4ccccc4C3)C2=O)nc(C)n1. The van der Waals surface area contributed by atoms with Gasteiger partial charge in [0.1, 0.15) is 11.4 Å². The van der Waals surface area contributed by atoms with E-state index >= 15 is 0 Å². The summed E-state index contributed by atoms with van der Waals surface area (Å²) in [5.74, 6) is 0.490. The third-order valence-corrected chi connectivity index (χ3v) is 5.02. The van der Waals surface area contributed by atoms with Crippen molar-refractivity contribution >= 4 is 11.9 Å². The Bertz CT molecular complexity index is 859. The fourth-order valence-corrected chi connectivity index (χ4v) is 3.88. The summed E-state index contributed by atoms with van der Waals surface area (Å²) in [5, 5.41) is 2.95. The Morgan fingerprint density at radius 1 is 1.16 bits per heavy atom. The van der Waals surface area contributed by atoms with Crippen molar-refractivity contribution in [3.63, 3.8) is 0 Å². The van der Waals surface area contributed by atoms with Gasteiger partial charge in [0, 0.05) is 12.1 Å². The monoisotopic (exact) mass is 336 g/mol. The molecule has 6 heteroatoms. The van der Waals surface area contributed by atoms with Crippen LogP contribution in [0.1, 0.15) is 34.8 Å². The van der Waals surface area contributed by atoms with Crippen LogP contribution in [0.25, 0.3) is 0 Å². The molecule has 0 saturated carbocycles. The van der Waals surface area contributed by atoms with E-state index in [2.05, 4.69) is 21.4 Å². The molecule has 0 bridgehead atoms. The van der Waals surface area contributed by atoms with Crippen molar-refractivity contribution in [2.24, 2.45) is 0 Å². The highest BCUT2D eigenvalue weighted by Gasteiger charge is 2.52. The van der Waals surface area contributed by atoms with Gasteiger partial charge in [0.05, 0.1) is 12.2 Å². The van der Waals surface area contributed by atoms with Crippen molar-refractivity contribution in [2.45, 2.75) is 45.2 Å². The maximum Gasteiger partial charge on any atom is 0.325 e. The van der Waals surface area contributed by atoms with Gasteiger partial charge in [-0.15, -0.1) is 0 Å². The molecular formula is C19H20N4O2. The van der Waals surface area contributed by atoms with Gasteiger partial charge < -0.3 is 5.32 Å². The first-order valence-electron chi connectivity index (χ1n) is 8.49. The molecule has 1 saturated heterocycles. The van der Waals surface area contributed by atoms with Gasteiger partial charge in [-0.2, -0.15) is 0 Å². The second-order valence-corrected chi connectivity index (χ2v) is 6.90. The van der Waals surface area contributed by atoms with E-state index in [1.54, 1.807) is 0 Å². The Morgan fingerprint density at radius 3 is 2.68 bits per heavy atom. The Balaban J connectivity index is 1.61. The number of rotatable bonds is 2. The number of imide groups is 1. The predicted octanol–water partition coefficient (Wildman–Crippen LogP) is 2.07. The minimum Gasteiger partial charge on any atom is -0.323 e. The lowest BCUT2D eigenvalue weighted by Crippen LogP contribution is -2.51. The molecule has 1 aromatic carbocycles. The summed E-state index contributed by atoms with van der Waals surface area (Å²) in [7, 11) is 0. The number of nitrogens with zero attached hydrogens (tertiary/aromatic N) is 3. The second kappa shape index (κ2) is 5.65. The first-order valence-corrected chi connectivity index (χ1v) is 8.49. The van der Waals surface area contributed by atoms with Gasteiger partial charge in [0.15, 0.2) is 0 Å². The molecule has 1 spiro atoms. The van der Waals surface area contributed by atoms with Crippen LogP contribution in [0.4, 0.5) is 4.79 Å². The Labute approximate surface area is 146 Å². The molecule has 0 radical (unpaired) electrons. The number of carbonyl (C=O) groups excluding carboxylic acids is 2. The molecule has 2 heterocycles. The maximum absolute atomic E-state index is 13.1. The minimum absolute atomic E-state index is 0.152. The lowest BCUT2D eigenvalue weighted by atomic mass is 9.78. The summed E-state index contributed by atoms with van der Waals surface area (Å²) in [4.78, 5) is 35.4. The van der Waals surface area contributed by atoms with Crippen molar-refractivity contribution in [3.05, 3.63) is 58.7 Å². The fourth-order valence-electron chi connectivity index (χ4n) is 3.88. The van der Waals surface area contributed by atoms with Crippen LogP contribution in [0.3, 0.4) is 0 Å². The summed E-state index contributed by atoms with van der Waals surface area (Å²) in [6.45, 7) is 3.86. The molecule has 3 amide bonds. The smallest absolute Gasteiger partial charge is 0.323 e. The summed E-state index contributed by atoms with van der Waals surface area (Å²) < 4.78 is 0. The molecule has 25 heavy (non-hydrogen) atoms. The molecule has 1 atom stereocenters. The van der Waals surface area contributed by atoms with Crippen LogP contribution in [-0.4, -0.2) is 32.3 Å². The predicted molar refractivity (Wildman–Crippen MR) is 91.8 cm³/mol. The van der Waals surface area contributed by atoms with Gasteiger partial charge in [-0.3, -0.25) is 9.69 Å². The van der Waals surface area contributed by atoms with E-state index in [1.807, 2.05) is 38.1 Å². The second-order valence-electron chi connectivity index (χ2n) is 6.90. The Morgan fingerprint density at radius 2 is 1.92 bits per heavy atom. The van der Waals surface area contributed by atoms with Crippen molar-refractivity contribution in [1.29, 1.82) is 0 Å². The van der Waals surface area contributed by atoms with E-state index < -0.39 is 5.54 Å². The number of fused-ring (bicyclic) bond motifs is 1. The van der Waals surface area contributed by atoms with Gasteiger partial charge in [-0.1, -0.05) is 24.3 Å². The number of hydrogen-bond acceptors (Lipinski definition) is 4. The first-order chi connectivity index (χ1) is 12.0. The molecule has 128 valence electrons. The zero-order chi connectivity index (χ0) is 17.6. The molecule has 1 fully saturated rings. The van der Waals surface area contributed by atoms with Gasteiger partial charge >= 0.3 is 6.03 Å². The maximum atomic E-state index is 13.1. The van der Waals surface area contributed by atoms with E-state index in [0.29, 0.717) is 24.4 Å². The quantitative estimate of drug-likeness (QED) is 0.852. The van der Waals surface area contributed by atoms with Crippen molar-refractivity contribution in [3.8, 4) is 0 Å². The molecular weight excluding hydrogens is 316 g/mol. The molecule has 6 nitrogen and oxygen atoms in total. The average Bonchev–Trinajstić information content (AvgIpc) is 2.78. The largest absolute Gasteiger partial charge is 0.325 e. The van der Waals surface area contributed by atoms with Crippen LogP contribution in [0.5, 0.6) is 0 Å². The zero-order valence-corrected chi connectivity index (χ0v) is 14.4. The van der Waals surface area contributed by atoms with E-state index in [-0.39, 0.29) is 18.5 Å². The van der Waals surface area contributed by atoms with Gasteiger partial charge in [-0.05, 0) is 43.9 Å². The van der Waals surface area contributed by atoms with E-state index in [1.165, 1.54) is 10.5 Å². The van der Waals surface area contributed by atoms with Crippen LogP contribution in [0.15, 0.2) is 30.3 Å². The highest BCUT2D eigenvalue weighted by Crippen LogP contribution is 2.34. The summed E-state index contributed by atoms with van der Waals surface area (Å²) in [6, 6.07) is 9.59. The van der Waals surface area contributed by atoms with Gasteiger partial charge in [-0.25, -0.2) is 14.8 Å². The van der Waals surface area contributed by atoms with E-state index in [9.17, 15) is 9.59 Å². The van der Waals surface area contributed by atoms with Crippen LogP contribution in [0, 0.1) is 13.8 Å². The molecule has 1 aliphatic heterocycles. The van der Waals surface area contributed by atoms with Crippen LogP contribution >= 0.6 is 0 Å². The standard InChI is InChI=1S/C19H20N4O2/c1-12-9-16(21-13(2)20-12)11-23-17(24)19(22-18(23)25)8-7-14-5-3-4-6-15(14)10-19/h3-6,9H,7-8,10-11H2,1-2H3,(H,22,25). The molecule has 2 aromatic rings. The number of benzene rings is 1. The number of aromatic nitrogens is 2. The number of urea groups is 1. The van der Waals surface area contributed by atoms with Crippen molar-refractivity contribution < 1.29 is 9.59 Å². The van der Waals surface area contributed by atoms with E-state index in [4.69, 9.17) is 0 Å². The third kappa shape index (κ3) is 2.67. The number of hydrogen-bond donors (Lipinski definition) is 1. The highest BCUT2D eigenvalue weighted by atomic mass is 16.2. The number of carbonyl (C=O) groups is 2. The number of amides is 3. The van der Waals surface area contributed by atoms with Gasteiger partial charge in [0.25, 0.3) is 5.91 Å². The average molecular weight is 336 g/mol. The lowest BCUT2D eigenvalue weighted by Gasteiger charge is -2.32. The third-order valence-electron chi connectivity index (χ3n) is 5.02. The summed E-state index contributed by atoms with van der Waals surface area (Å²) in [5.41, 5.74) is 3.09. The minimum atomic E-state index is -0.817. The Kier molecular flexibility index (Phi) is 3.56. The highest BCUT2D eigenvalue weighted by molar-refractivity contribution is 6.07. The first kappa shape index (κ1) is 15.7. The lowest BCUT2D eigenvalue weighted by molar-refractivity contribution is -0.132. The molecule has 1 unspecified atom stereocenters. The number of nitrogens with one attached hydrogen (secondary N) is 1. The molecule has 1 aliphatic carbocycles. The van der Waals surface area contributed by atoms with Crippen LogP contribution in [0.2, 0.25) is 0 Å². The topological polar surface area (TPSA) is 75.2 Å². The zero-order valence-electron chi connectivity index (χ0n) is 14.4. The van der Waals surface area contributed by atoms with Gasteiger partial charge in [0.2, 0.25) is 0 Å². The normalized spacial score (nSPS) is 22.2. The summed E-state index contributed by atoms with van der Waals surface area (Å²) in [6.07, 6.45) is 1.97. The Hall–Kier alpha value is -2.76. The van der Waals surface area contributed by atoms with E-state index in [0.717, 1.165) is 17.7 Å². The summed E-state index contributed by atoms with van der Waals surface area (Å²) >= 11 is 0. The van der Waals surface area contributed by atoms with Crippen LogP contribution < -0.4 is 5.32 Å².